The average molecular weight is 342 g/mol. The molecule has 1 aromatic rings. The van der Waals surface area contributed by atoms with Gasteiger partial charge in [0.1, 0.15) is 12.4 Å². The molecule has 0 aliphatic heterocycles. The highest BCUT2D eigenvalue weighted by molar-refractivity contribution is 5.82. The summed E-state index contributed by atoms with van der Waals surface area (Å²) in [6, 6.07) is 0. The van der Waals surface area contributed by atoms with Crippen LogP contribution in [0.4, 0.5) is 4.79 Å². The number of methoxy groups -OCH3 is 1. The number of ether oxygens (including phenoxy) is 1. The first-order valence-corrected chi connectivity index (χ1v) is 8.58. The second-order valence-electron chi connectivity index (χ2n) is 4.88. The summed E-state index contributed by atoms with van der Waals surface area (Å²) in [6.45, 7) is 13.1. The third-order valence-corrected chi connectivity index (χ3v) is 2.51. The van der Waals surface area contributed by atoms with Crippen LogP contribution in [0, 0.1) is 6.92 Å². The number of H-pyrrole nitrogens is 1. The van der Waals surface area contributed by atoms with Gasteiger partial charge in [0.2, 0.25) is 5.91 Å². The fraction of sp³-hybridized carbons (Fsp3) is 0.706. The zero-order valence-electron chi connectivity index (χ0n) is 16.2. The zero-order valence-corrected chi connectivity index (χ0v) is 16.2. The fourth-order valence-corrected chi connectivity index (χ4v) is 1.62. The Morgan fingerprint density at radius 2 is 1.88 bits per heavy atom. The minimum Gasteiger partial charge on any atom is -0.453 e. The zero-order chi connectivity index (χ0) is 19.0. The molecule has 0 aliphatic carbocycles. The summed E-state index contributed by atoms with van der Waals surface area (Å²) < 4.78 is 4.42. The third kappa shape index (κ3) is 11.5. The summed E-state index contributed by atoms with van der Waals surface area (Å²) in [5.41, 5.74) is 0.951. The normalized spacial score (nSPS) is 8.96. The SMILES string of the molecule is CC.CCC.CCCN(Cc1ncc(C)[nH]1)C(=O)CNC(=O)OC. The first-order valence-electron chi connectivity index (χ1n) is 8.58. The molecular weight excluding hydrogens is 308 g/mol. The molecule has 7 heteroatoms. The van der Waals surface area contributed by atoms with Crippen LogP contribution in [-0.4, -0.2) is 47.1 Å². The number of aryl methyl sites for hydroxylation is 1. The minimum absolute atomic E-state index is 0.0770. The Bertz CT molecular complexity index is 447. The Morgan fingerprint density at radius 1 is 1.29 bits per heavy atom. The molecule has 140 valence electrons. The van der Waals surface area contributed by atoms with Crippen molar-refractivity contribution in [1.82, 2.24) is 20.2 Å². The van der Waals surface area contributed by atoms with Crippen LogP contribution >= 0.6 is 0 Å². The molecule has 0 aromatic carbocycles. The van der Waals surface area contributed by atoms with E-state index < -0.39 is 6.09 Å². The lowest BCUT2D eigenvalue weighted by molar-refractivity contribution is -0.130. The maximum Gasteiger partial charge on any atom is 0.407 e. The molecular formula is C17H34N4O3. The summed E-state index contributed by atoms with van der Waals surface area (Å²) in [6.07, 6.45) is 3.19. The van der Waals surface area contributed by atoms with Crippen molar-refractivity contribution in [3.05, 3.63) is 17.7 Å². The van der Waals surface area contributed by atoms with Gasteiger partial charge in [-0.15, -0.1) is 0 Å². The number of hydrogen-bond acceptors (Lipinski definition) is 4. The molecule has 0 radical (unpaired) electrons. The van der Waals surface area contributed by atoms with Crippen molar-refractivity contribution in [1.29, 1.82) is 0 Å². The second-order valence-corrected chi connectivity index (χ2v) is 4.88. The first kappa shape index (κ1) is 24.2. The minimum atomic E-state index is -0.612. The van der Waals surface area contributed by atoms with Crippen LogP contribution in [-0.2, 0) is 16.1 Å². The molecule has 24 heavy (non-hydrogen) atoms. The van der Waals surface area contributed by atoms with Crippen molar-refractivity contribution in [2.45, 2.75) is 60.9 Å². The number of nitrogens with one attached hydrogen (secondary N) is 2. The predicted octanol–water partition coefficient (Wildman–Crippen LogP) is 3.26. The summed E-state index contributed by atoms with van der Waals surface area (Å²) in [7, 11) is 1.26. The van der Waals surface area contributed by atoms with E-state index in [1.54, 1.807) is 11.1 Å². The van der Waals surface area contributed by atoms with E-state index >= 15 is 0 Å². The van der Waals surface area contributed by atoms with Crippen LogP contribution in [0.1, 0.15) is 59.0 Å². The van der Waals surface area contributed by atoms with E-state index in [2.05, 4.69) is 33.9 Å². The molecule has 0 unspecified atom stereocenters. The van der Waals surface area contributed by atoms with Crippen molar-refractivity contribution in [3.63, 3.8) is 0 Å². The van der Waals surface area contributed by atoms with Gasteiger partial charge in [-0.2, -0.15) is 0 Å². The van der Waals surface area contributed by atoms with Crippen LogP contribution in [0.2, 0.25) is 0 Å². The Balaban J connectivity index is 0. The number of carbonyl (C=O) groups is 2. The van der Waals surface area contributed by atoms with Gasteiger partial charge in [0, 0.05) is 18.4 Å². The highest BCUT2D eigenvalue weighted by Gasteiger charge is 2.15. The highest BCUT2D eigenvalue weighted by Crippen LogP contribution is 2.02. The Kier molecular flexibility index (Phi) is 16.0. The summed E-state index contributed by atoms with van der Waals surface area (Å²) in [4.78, 5) is 31.8. The Morgan fingerprint density at radius 3 is 2.29 bits per heavy atom. The van der Waals surface area contributed by atoms with E-state index in [9.17, 15) is 9.59 Å². The molecule has 1 aromatic heterocycles. The average Bonchev–Trinajstić information content (AvgIpc) is 2.99. The largest absolute Gasteiger partial charge is 0.453 e. The van der Waals surface area contributed by atoms with E-state index in [1.165, 1.54) is 13.5 Å². The molecule has 0 aliphatic rings. The molecule has 1 heterocycles. The number of aromatic amines is 1. The van der Waals surface area contributed by atoms with Gasteiger partial charge in [0.05, 0.1) is 13.7 Å². The van der Waals surface area contributed by atoms with E-state index in [1.807, 2.05) is 27.7 Å². The molecule has 0 fully saturated rings. The summed E-state index contributed by atoms with van der Waals surface area (Å²) in [5, 5.41) is 2.38. The Labute approximate surface area is 146 Å². The van der Waals surface area contributed by atoms with Gasteiger partial charge >= 0.3 is 6.09 Å². The lowest BCUT2D eigenvalue weighted by atomic mass is 10.3. The molecule has 0 saturated heterocycles. The van der Waals surface area contributed by atoms with Crippen molar-refractivity contribution < 1.29 is 14.3 Å². The molecule has 0 bridgehead atoms. The lowest BCUT2D eigenvalue weighted by Crippen LogP contribution is -2.40. The maximum atomic E-state index is 12.0. The standard InChI is InChI=1S/C12H20N4O3.C3H8.C2H6/c1-4-5-16(8-10-13-6-9(2)15-10)11(17)7-14-12(18)19-3;1-3-2;1-2/h6H,4-5,7-8H2,1-3H3,(H,13,15)(H,14,18);3H2,1-2H3;1-2H3. The van der Waals surface area contributed by atoms with Gasteiger partial charge in [-0.3, -0.25) is 4.79 Å². The number of imidazole rings is 1. The van der Waals surface area contributed by atoms with Gasteiger partial charge in [-0.25, -0.2) is 9.78 Å². The number of rotatable bonds is 6. The molecule has 7 nitrogen and oxygen atoms in total. The molecule has 1 rings (SSSR count). The number of nitrogens with zero attached hydrogens (tertiary/aromatic N) is 2. The van der Waals surface area contributed by atoms with Gasteiger partial charge in [0.25, 0.3) is 0 Å². The van der Waals surface area contributed by atoms with Crippen molar-refractivity contribution in [2.75, 3.05) is 20.2 Å². The van der Waals surface area contributed by atoms with Gasteiger partial charge in [-0.1, -0.05) is 41.0 Å². The maximum absolute atomic E-state index is 12.0. The quantitative estimate of drug-likeness (QED) is 0.830. The molecule has 2 N–H and O–H groups in total. The van der Waals surface area contributed by atoms with Crippen LogP contribution in [0.25, 0.3) is 0 Å². The second kappa shape index (κ2) is 15.8. The van der Waals surface area contributed by atoms with Crippen molar-refractivity contribution in [3.8, 4) is 0 Å². The van der Waals surface area contributed by atoms with Crippen LogP contribution in [0.15, 0.2) is 6.20 Å². The van der Waals surface area contributed by atoms with Gasteiger partial charge in [0.15, 0.2) is 0 Å². The fourth-order valence-electron chi connectivity index (χ4n) is 1.62. The van der Waals surface area contributed by atoms with Crippen molar-refractivity contribution in [2.24, 2.45) is 0 Å². The number of alkyl carbamates (subject to hydrolysis) is 1. The van der Waals surface area contributed by atoms with Crippen LogP contribution < -0.4 is 5.32 Å². The van der Waals surface area contributed by atoms with E-state index in [0.717, 1.165) is 17.9 Å². The predicted molar refractivity (Wildman–Crippen MR) is 96.8 cm³/mol. The smallest absolute Gasteiger partial charge is 0.407 e. The van der Waals surface area contributed by atoms with Gasteiger partial charge in [-0.05, 0) is 13.3 Å². The molecule has 0 saturated carbocycles. The van der Waals surface area contributed by atoms with Crippen LogP contribution in [0.3, 0.4) is 0 Å². The van der Waals surface area contributed by atoms with E-state index in [-0.39, 0.29) is 12.5 Å². The molecule has 2 amide bonds. The number of hydrogen-bond donors (Lipinski definition) is 2. The molecule has 0 spiro atoms. The van der Waals surface area contributed by atoms with E-state index in [4.69, 9.17) is 0 Å². The first-order chi connectivity index (χ1) is 11.5. The van der Waals surface area contributed by atoms with Gasteiger partial charge < -0.3 is 19.9 Å². The summed E-state index contributed by atoms with van der Waals surface area (Å²) >= 11 is 0. The number of aromatic nitrogens is 2. The third-order valence-electron chi connectivity index (χ3n) is 2.51. The Hall–Kier alpha value is -2.05. The highest BCUT2D eigenvalue weighted by atomic mass is 16.5. The van der Waals surface area contributed by atoms with Crippen LogP contribution in [0.5, 0.6) is 0 Å². The lowest BCUT2D eigenvalue weighted by Gasteiger charge is -2.21. The monoisotopic (exact) mass is 342 g/mol. The molecule has 0 atom stereocenters. The summed E-state index contributed by atoms with van der Waals surface area (Å²) in [5.74, 6) is 0.568. The topological polar surface area (TPSA) is 87.3 Å². The van der Waals surface area contributed by atoms with E-state index in [0.29, 0.717) is 13.1 Å². The number of carbonyl (C=O) groups excluding carboxylic acids is 2. The van der Waals surface area contributed by atoms with Crippen molar-refractivity contribution >= 4 is 12.0 Å². The number of amides is 2.